The van der Waals surface area contributed by atoms with Crippen LogP contribution in [0.2, 0.25) is 0 Å². The Morgan fingerprint density at radius 1 is 1.38 bits per heavy atom. The van der Waals surface area contributed by atoms with Gasteiger partial charge in [-0.3, -0.25) is 4.90 Å². The molecular weight excluding hydrogens is 218 g/mol. The van der Waals surface area contributed by atoms with Crippen LogP contribution < -0.4 is 0 Å². The molecule has 0 bridgehead atoms. The lowest BCUT2D eigenvalue weighted by molar-refractivity contribution is 0.144. The lowest BCUT2D eigenvalue weighted by Crippen LogP contribution is -2.33. The average molecular weight is 239 g/mol. The van der Waals surface area contributed by atoms with Gasteiger partial charge in [0.15, 0.2) is 0 Å². The summed E-state index contributed by atoms with van der Waals surface area (Å²) in [6.45, 7) is 2.70. The Hall–Kier alpha value is -0.380. The summed E-state index contributed by atoms with van der Waals surface area (Å²) < 4.78 is 0. The minimum atomic E-state index is 0.331. The smallest absolute Gasteiger partial charge is 0.0441 e. The van der Waals surface area contributed by atoms with Gasteiger partial charge in [0.1, 0.15) is 0 Å². The lowest BCUT2D eigenvalue weighted by atomic mass is 10.0. The maximum absolute atomic E-state index is 8.83. The number of unbranched alkanes of at least 4 members (excludes halogenated alkanes) is 1. The van der Waals surface area contributed by atoms with Gasteiger partial charge in [0.25, 0.3) is 0 Å². The first-order chi connectivity index (χ1) is 7.92. The van der Waals surface area contributed by atoms with Gasteiger partial charge in [-0.15, -0.1) is 11.3 Å². The molecule has 1 aromatic rings. The molecule has 2 heterocycles. The fourth-order valence-corrected chi connectivity index (χ4v) is 3.38. The number of likely N-dealkylation sites (tertiary alicyclic amines) is 1. The first kappa shape index (κ1) is 12.1. The molecular formula is C13H21NOS. The summed E-state index contributed by atoms with van der Waals surface area (Å²) in [7, 11) is 0. The monoisotopic (exact) mass is 239 g/mol. The predicted molar refractivity (Wildman–Crippen MR) is 68.8 cm³/mol. The normalized spacial score (nSPS) is 22.4. The molecule has 2 nitrogen and oxygen atoms in total. The van der Waals surface area contributed by atoms with Crippen molar-refractivity contribution in [3.63, 3.8) is 0 Å². The number of nitrogens with zero attached hydrogens (tertiary/aromatic N) is 1. The van der Waals surface area contributed by atoms with Crippen LogP contribution in [0.5, 0.6) is 0 Å². The van der Waals surface area contributed by atoms with Crippen LogP contribution in [0.1, 0.15) is 43.0 Å². The van der Waals surface area contributed by atoms with Crippen molar-refractivity contribution in [3.8, 4) is 0 Å². The van der Waals surface area contributed by atoms with E-state index in [1.165, 1.54) is 30.7 Å². The highest BCUT2D eigenvalue weighted by Gasteiger charge is 2.23. The van der Waals surface area contributed by atoms with Crippen molar-refractivity contribution in [3.05, 3.63) is 22.4 Å². The van der Waals surface area contributed by atoms with Gasteiger partial charge in [0.2, 0.25) is 0 Å². The number of thiophene rings is 1. The number of aliphatic hydroxyl groups excluding tert-OH is 1. The molecule has 0 saturated carbocycles. The van der Waals surface area contributed by atoms with Crippen LogP contribution >= 0.6 is 11.3 Å². The summed E-state index contributed by atoms with van der Waals surface area (Å²) in [6, 6.07) is 5.06. The van der Waals surface area contributed by atoms with Crippen molar-refractivity contribution in [1.29, 1.82) is 0 Å². The van der Waals surface area contributed by atoms with E-state index < -0.39 is 0 Å². The Labute approximate surface area is 102 Å². The van der Waals surface area contributed by atoms with E-state index in [1.54, 1.807) is 0 Å². The summed E-state index contributed by atoms with van der Waals surface area (Å²) in [5, 5.41) is 11.0. The molecule has 0 spiro atoms. The molecule has 2 rings (SSSR count). The Morgan fingerprint density at radius 2 is 2.31 bits per heavy atom. The van der Waals surface area contributed by atoms with Gasteiger partial charge in [-0.05, 0) is 50.2 Å². The summed E-state index contributed by atoms with van der Waals surface area (Å²) in [5.41, 5.74) is 0. The molecule has 1 saturated heterocycles. The second-order valence-corrected chi connectivity index (χ2v) is 5.47. The molecule has 0 amide bonds. The van der Waals surface area contributed by atoms with Crippen LogP contribution in [0.3, 0.4) is 0 Å². The molecule has 1 atom stereocenters. The largest absolute Gasteiger partial charge is 0.396 e. The van der Waals surface area contributed by atoms with Gasteiger partial charge in [-0.1, -0.05) is 12.5 Å². The molecule has 1 aliphatic rings. The molecule has 0 aliphatic carbocycles. The molecule has 3 heteroatoms. The van der Waals surface area contributed by atoms with E-state index in [-0.39, 0.29) is 0 Å². The molecule has 90 valence electrons. The first-order valence-corrected chi connectivity index (χ1v) is 7.18. The highest BCUT2D eigenvalue weighted by atomic mass is 32.1. The minimum Gasteiger partial charge on any atom is -0.396 e. The van der Waals surface area contributed by atoms with Crippen LogP contribution in [0.25, 0.3) is 0 Å². The van der Waals surface area contributed by atoms with Gasteiger partial charge in [-0.2, -0.15) is 0 Å². The summed E-state index contributed by atoms with van der Waals surface area (Å²) in [6.07, 6.45) is 6.06. The van der Waals surface area contributed by atoms with Crippen LogP contribution in [0.4, 0.5) is 0 Å². The fourth-order valence-electron chi connectivity index (χ4n) is 2.49. The zero-order chi connectivity index (χ0) is 11.2. The van der Waals surface area contributed by atoms with Crippen molar-refractivity contribution in [2.24, 2.45) is 0 Å². The Bertz CT molecular complexity index is 286. The molecule has 1 aromatic heterocycles. The SMILES string of the molecule is OCCCCN1CCCCC1c1cccs1. The highest BCUT2D eigenvalue weighted by molar-refractivity contribution is 7.10. The second-order valence-electron chi connectivity index (χ2n) is 4.49. The number of aliphatic hydroxyl groups is 1. The quantitative estimate of drug-likeness (QED) is 0.798. The molecule has 0 radical (unpaired) electrons. The maximum atomic E-state index is 8.83. The zero-order valence-corrected chi connectivity index (χ0v) is 10.6. The molecule has 1 aliphatic heterocycles. The molecule has 16 heavy (non-hydrogen) atoms. The van der Waals surface area contributed by atoms with E-state index in [0.29, 0.717) is 12.6 Å². The summed E-state index contributed by atoms with van der Waals surface area (Å²) >= 11 is 1.88. The van der Waals surface area contributed by atoms with Gasteiger partial charge in [-0.25, -0.2) is 0 Å². The third kappa shape index (κ3) is 3.06. The molecule has 1 unspecified atom stereocenters. The maximum Gasteiger partial charge on any atom is 0.0441 e. The Kier molecular flexibility index (Phi) is 4.82. The van der Waals surface area contributed by atoms with Crippen molar-refractivity contribution < 1.29 is 5.11 Å². The van der Waals surface area contributed by atoms with Crippen LogP contribution in [0.15, 0.2) is 17.5 Å². The van der Waals surface area contributed by atoms with Gasteiger partial charge in [0, 0.05) is 17.5 Å². The van der Waals surface area contributed by atoms with Crippen LogP contribution in [-0.4, -0.2) is 29.7 Å². The van der Waals surface area contributed by atoms with Gasteiger partial charge < -0.3 is 5.11 Å². The standard InChI is InChI=1S/C13H21NOS/c15-10-4-3-9-14-8-2-1-6-12(14)13-7-5-11-16-13/h5,7,11-12,15H,1-4,6,8-10H2. The van der Waals surface area contributed by atoms with E-state index in [0.717, 1.165) is 19.4 Å². The number of piperidine rings is 1. The van der Waals surface area contributed by atoms with Crippen molar-refractivity contribution in [2.75, 3.05) is 19.7 Å². The topological polar surface area (TPSA) is 23.5 Å². The zero-order valence-electron chi connectivity index (χ0n) is 9.77. The van der Waals surface area contributed by atoms with Crippen LogP contribution in [-0.2, 0) is 0 Å². The average Bonchev–Trinajstić information content (AvgIpc) is 2.83. The summed E-state index contributed by atoms with van der Waals surface area (Å²) in [4.78, 5) is 4.12. The molecule has 1 N–H and O–H groups in total. The van der Waals surface area contributed by atoms with E-state index in [2.05, 4.69) is 22.4 Å². The van der Waals surface area contributed by atoms with Gasteiger partial charge >= 0.3 is 0 Å². The number of rotatable bonds is 5. The molecule has 1 fully saturated rings. The van der Waals surface area contributed by atoms with E-state index in [1.807, 2.05) is 11.3 Å². The third-order valence-corrected chi connectivity index (χ3v) is 4.31. The van der Waals surface area contributed by atoms with Crippen LogP contribution in [0, 0.1) is 0 Å². The fraction of sp³-hybridized carbons (Fsp3) is 0.692. The Balaban J connectivity index is 1.92. The number of hydrogen-bond donors (Lipinski definition) is 1. The van der Waals surface area contributed by atoms with E-state index in [9.17, 15) is 0 Å². The highest BCUT2D eigenvalue weighted by Crippen LogP contribution is 2.33. The van der Waals surface area contributed by atoms with Gasteiger partial charge in [0.05, 0.1) is 0 Å². The summed E-state index contributed by atoms with van der Waals surface area (Å²) in [5.74, 6) is 0. The Morgan fingerprint density at radius 3 is 3.06 bits per heavy atom. The van der Waals surface area contributed by atoms with Crippen molar-refractivity contribution in [1.82, 2.24) is 4.90 Å². The second kappa shape index (κ2) is 6.38. The first-order valence-electron chi connectivity index (χ1n) is 6.30. The molecule has 0 aromatic carbocycles. The minimum absolute atomic E-state index is 0.331. The van der Waals surface area contributed by atoms with E-state index >= 15 is 0 Å². The lowest BCUT2D eigenvalue weighted by Gasteiger charge is -2.35. The third-order valence-electron chi connectivity index (χ3n) is 3.34. The predicted octanol–water partition coefficient (Wildman–Crippen LogP) is 3.05. The number of hydrogen-bond acceptors (Lipinski definition) is 3. The van der Waals surface area contributed by atoms with Crippen molar-refractivity contribution >= 4 is 11.3 Å². The van der Waals surface area contributed by atoms with E-state index in [4.69, 9.17) is 5.11 Å². The van der Waals surface area contributed by atoms with Crippen molar-refractivity contribution in [2.45, 2.75) is 38.1 Å².